The van der Waals surface area contributed by atoms with Crippen molar-refractivity contribution in [1.82, 2.24) is 4.90 Å². The van der Waals surface area contributed by atoms with Gasteiger partial charge in [0.1, 0.15) is 0 Å². The molecular formula is C15H23N5. The van der Waals surface area contributed by atoms with E-state index in [1.165, 1.54) is 5.56 Å². The summed E-state index contributed by atoms with van der Waals surface area (Å²) in [5.74, 6) is 1.42. The second kappa shape index (κ2) is 6.41. The number of likely N-dealkylation sites (tertiary alicyclic amines) is 1. The average molecular weight is 273 g/mol. The second-order valence-electron chi connectivity index (χ2n) is 5.45. The number of rotatable bonds is 1. The largest absolute Gasteiger partial charge is 0.369 e. The number of benzene rings is 1. The quantitative estimate of drug-likeness (QED) is 0.606. The Morgan fingerprint density at radius 3 is 2.35 bits per heavy atom. The molecule has 0 bridgehead atoms. The summed E-state index contributed by atoms with van der Waals surface area (Å²) in [5.41, 5.74) is 13.8. The minimum Gasteiger partial charge on any atom is -0.369 e. The van der Waals surface area contributed by atoms with Crippen molar-refractivity contribution in [1.29, 1.82) is 0 Å². The average Bonchev–Trinajstić information content (AvgIpc) is 2.42. The Kier molecular flexibility index (Phi) is 4.61. The van der Waals surface area contributed by atoms with Gasteiger partial charge < -0.3 is 16.4 Å². The van der Waals surface area contributed by atoms with E-state index in [1.54, 1.807) is 0 Å². The number of guanidine groups is 2. The molecule has 1 aromatic rings. The van der Waals surface area contributed by atoms with Gasteiger partial charge in [-0.3, -0.25) is 0 Å². The van der Waals surface area contributed by atoms with Gasteiger partial charge in [-0.1, -0.05) is 24.6 Å². The molecule has 1 aliphatic heterocycles. The first-order chi connectivity index (χ1) is 9.54. The lowest BCUT2D eigenvalue weighted by Gasteiger charge is -2.30. The molecule has 1 aliphatic rings. The van der Waals surface area contributed by atoms with Crippen LogP contribution in [-0.2, 0) is 0 Å². The third-order valence-electron chi connectivity index (χ3n) is 3.61. The summed E-state index contributed by atoms with van der Waals surface area (Å²) in [7, 11) is 0. The molecule has 1 fully saturated rings. The van der Waals surface area contributed by atoms with Crippen LogP contribution in [0.1, 0.15) is 25.3 Å². The predicted octanol–water partition coefficient (Wildman–Crippen LogP) is 1.99. The van der Waals surface area contributed by atoms with Crippen molar-refractivity contribution in [2.24, 2.45) is 27.4 Å². The zero-order valence-electron chi connectivity index (χ0n) is 12.2. The van der Waals surface area contributed by atoms with Crippen molar-refractivity contribution in [3.63, 3.8) is 0 Å². The first-order valence-corrected chi connectivity index (χ1v) is 7.04. The Morgan fingerprint density at radius 1 is 1.15 bits per heavy atom. The predicted molar refractivity (Wildman–Crippen MR) is 84.1 cm³/mol. The van der Waals surface area contributed by atoms with Gasteiger partial charge in [0.05, 0.1) is 5.69 Å². The van der Waals surface area contributed by atoms with Gasteiger partial charge in [-0.05, 0) is 37.8 Å². The molecule has 2 rings (SSSR count). The summed E-state index contributed by atoms with van der Waals surface area (Å²) in [6, 6.07) is 7.81. The molecule has 5 heteroatoms. The van der Waals surface area contributed by atoms with Crippen LogP contribution in [-0.4, -0.2) is 29.9 Å². The lowest BCUT2D eigenvalue weighted by atomic mass is 10.00. The standard InChI is InChI=1S/C15H23N5/c1-11-3-5-13(6-4-11)18-14(16)19-15(17)20-9-7-12(2)8-10-20/h3-6,12H,7-10H2,1-2H3,(H4,16,17,18,19). The maximum absolute atomic E-state index is 5.99. The Hall–Kier alpha value is -2.04. The molecule has 108 valence electrons. The lowest BCUT2D eigenvalue weighted by Crippen LogP contribution is -2.43. The molecule has 0 unspecified atom stereocenters. The van der Waals surface area contributed by atoms with E-state index < -0.39 is 0 Å². The zero-order valence-corrected chi connectivity index (χ0v) is 12.2. The first-order valence-electron chi connectivity index (χ1n) is 7.04. The van der Waals surface area contributed by atoms with Crippen LogP contribution in [0, 0.1) is 12.8 Å². The monoisotopic (exact) mass is 273 g/mol. The van der Waals surface area contributed by atoms with Gasteiger partial charge in [0.2, 0.25) is 5.96 Å². The summed E-state index contributed by atoms with van der Waals surface area (Å²) in [4.78, 5) is 10.5. The lowest BCUT2D eigenvalue weighted by molar-refractivity contribution is 0.278. The van der Waals surface area contributed by atoms with E-state index in [-0.39, 0.29) is 5.96 Å². The third-order valence-corrected chi connectivity index (χ3v) is 3.61. The SMILES string of the molecule is Cc1ccc(N=C(N)N=C(N)N2CCC(C)CC2)cc1. The molecule has 20 heavy (non-hydrogen) atoms. The molecule has 0 aromatic heterocycles. The highest BCUT2D eigenvalue weighted by molar-refractivity contribution is 5.94. The topological polar surface area (TPSA) is 80.0 Å². The fourth-order valence-corrected chi connectivity index (χ4v) is 2.20. The van der Waals surface area contributed by atoms with Gasteiger partial charge in [-0.25, -0.2) is 4.99 Å². The Balaban J connectivity index is 2.03. The highest BCUT2D eigenvalue weighted by Gasteiger charge is 2.17. The molecule has 0 spiro atoms. The maximum atomic E-state index is 5.99. The number of nitrogens with zero attached hydrogens (tertiary/aromatic N) is 3. The summed E-state index contributed by atoms with van der Waals surface area (Å²) in [6.45, 7) is 6.17. The van der Waals surface area contributed by atoms with Gasteiger partial charge in [0.15, 0.2) is 5.96 Å². The van der Waals surface area contributed by atoms with Gasteiger partial charge in [-0.2, -0.15) is 4.99 Å². The van der Waals surface area contributed by atoms with Crippen LogP contribution in [0.3, 0.4) is 0 Å². The summed E-state index contributed by atoms with van der Waals surface area (Å²) >= 11 is 0. The number of hydrogen-bond donors (Lipinski definition) is 2. The van der Waals surface area contributed by atoms with Crippen LogP contribution in [0.4, 0.5) is 5.69 Å². The molecule has 0 aliphatic carbocycles. The molecule has 0 saturated carbocycles. The highest BCUT2D eigenvalue weighted by Crippen LogP contribution is 2.16. The van der Waals surface area contributed by atoms with Crippen molar-refractivity contribution >= 4 is 17.6 Å². The maximum Gasteiger partial charge on any atom is 0.223 e. The number of aryl methyl sites for hydroxylation is 1. The molecular weight excluding hydrogens is 250 g/mol. The minimum atomic E-state index is 0.199. The molecule has 1 heterocycles. The van der Waals surface area contributed by atoms with E-state index in [4.69, 9.17) is 11.5 Å². The summed E-state index contributed by atoms with van der Waals surface area (Å²) in [5, 5.41) is 0. The van der Waals surface area contributed by atoms with Crippen molar-refractivity contribution in [3.8, 4) is 0 Å². The van der Waals surface area contributed by atoms with Crippen molar-refractivity contribution < 1.29 is 0 Å². The van der Waals surface area contributed by atoms with E-state index in [0.29, 0.717) is 5.96 Å². The van der Waals surface area contributed by atoms with Gasteiger partial charge >= 0.3 is 0 Å². The molecule has 1 aromatic carbocycles. The van der Waals surface area contributed by atoms with Gasteiger partial charge in [-0.15, -0.1) is 0 Å². The highest BCUT2D eigenvalue weighted by atomic mass is 15.3. The number of hydrogen-bond acceptors (Lipinski definition) is 1. The Bertz CT molecular complexity index is 496. The Morgan fingerprint density at radius 2 is 1.75 bits per heavy atom. The van der Waals surface area contributed by atoms with E-state index in [0.717, 1.165) is 37.5 Å². The van der Waals surface area contributed by atoms with Crippen LogP contribution in [0.25, 0.3) is 0 Å². The van der Waals surface area contributed by atoms with E-state index in [9.17, 15) is 0 Å². The zero-order chi connectivity index (χ0) is 14.5. The van der Waals surface area contributed by atoms with E-state index in [2.05, 4.69) is 21.8 Å². The van der Waals surface area contributed by atoms with Crippen LogP contribution in [0.2, 0.25) is 0 Å². The van der Waals surface area contributed by atoms with Gasteiger partial charge in [0, 0.05) is 13.1 Å². The number of nitrogens with two attached hydrogens (primary N) is 2. The molecule has 0 atom stereocenters. The molecule has 0 amide bonds. The smallest absolute Gasteiger partial charge is 0.223 e. The fourth-order valence-electron chi connectivity index (χ4n) is 2.20. The van der Waals surface area contributed by atoms with E-state index >= 15 is 0 Å². The van der Waals surface area contributed by atoms with Crippen molar-refractivity contribution in [2.45, 2.75) is 26.7 Å². The molecule has 4 N–H and O–H groups in total. The van der Waals surface area contributed by atoms with E-state index in [1.807, 2.05) is 31.2 Å². The van der Waals surface area contributed by atoms with Crippen LogP contribution < -0.4 is 11.5 Å². The summed E-state index contributed by atoms with van der Waals surface area (Å²) < 4.78 is 0. The van der Waals surface area contributed by atoms with Crippen LogP contribution >= 0.6 is 0 Å². The third kappa shape index (κ3) is 3.98. The van der Waals surface area contributed by atoms with Crippen LogP contribution in [0.5, 0.6) is 0 Å². The molecule has 5 nitrogen and oxygen atoms in total. The normalized spacial score (nSPS) is 18.4. The number of piperidine rings is 1. The van der Waals surface area contributed by atoms with Crippen molar-refractivity contribution in [2.75, 3.05) is 13.1 Å². The van der Waals surface area contributed by atoms with Gasteiger partial charge in [0.25, 0.3) is 0 Å². The Labute approximate surface area is 120 Å². The fraction of sp³-hybridized carbons (Fsp3) is 0.467. The molecule has 0 radical (unpaired) electrons. The van der Waals surface area contributed by atoms with Crippen LogP contribution in [0.15, 0.2) is 34.3 Å². The first kappa shape index (κ1) is 14.4. The number of aliphatic imine (C=N–C) groups is 2. The molecule has 1 saturated heterocycles. The minimum absolute atomic E-state index is 0.199. The summed E-state index contributed by atoms with van der Waals surface area (Å²) in [6.07, 6.45) is 2.29. The van der Waals surface area contributed by atoms with Crippen molar-refractivity contribution in [3.05, 3.63) is 29.8 Å². The second-order valence-corrected chi connectivity index (χ2v) is 5.45.